The van der Waals surface area contributed by atoms with Gasteiger partial charge in [0.15, 0.2) is 22.8 Å². The van der Waals surface area contributed by atoms with E-state index < -0.39 is 0 Å². The van der Waals surface area contributed by atoms with E-state index in [1.165, 1.54) is 0 Å². The van der Waals surface area contributed by atoms with Crippen LogP contribution in [-0.2, 0) is 11.5 Å². The van der Waals surface area contributed by atoms with Gasteiger partial charge in [-0.25, -0.2) is 15.0 Å². The maximum atomic E-state index is 6.02. The number of ether oxygens (including phenoxy) is 1. The highest BCUT2D eigenvalue weighted by Gasteiger charge is 2.19. The van der Waals surface area contributed by atoms with Crippen LogP contribution in [0.25, 0.3) is 33.9 Å². The Kier molecular flexibility index (Phi) is 4.30. The number of anilines is 2. The van der Waals surface area contributed by atoms with E-state index in [9.17, 15) is 0 Å². The first-order chi connectivity index (χ1) is 13.1. The number of fused-ring (bicyclic) bond motifs is 1. The molecule has 10 heteroatoms. The van der Waals surface area contributed by atoms with E-state index in [4.69, 9.17) is 27.8 Å². The molecule has 4 rings (SSSR count). The van der Waals surface area contributed by atoms with Gasteiger partial charge < -0.3 is 20.8 Å². The lowest BCUT2D eigenvalue weighted by Crippen LogP contribution is -2.08. The van der Waals surface area contributed by atoms with Crippen molar-refractivity contribution in [3.05, 3.63) is 41.7 Å². The maximum Gasteiger partial charge on any atom is 0.224 e. The van der Waals surface area contributed by atoms with Crippen LogP contribution in [0.15, 0.2) is 36.7 Å². The number of aromatic nitrogens is 6. The third-order valence-electron chi connectivity index (χ3n) is 3.89. The van der Waals surface area contributed by atoms with E-state index in [0.29, 0.717) is 40.1 Å². The number of imidazole rings is 1. The van der Waals surface area contributed by atoms with Crippen molar-refractivity contribution in [2.45, 2.75) is 6.73 Å². The molecule has 0 bridgehead atoms. The molecule has 0 unspecified atom stereocenters. The SMILES string of the molecule is COCn1ccnc1-c1nc2c(N)nc(N)nc2nc1-c1ccc(Cl)cc1. The molecule has 3 aromatic heterocycles. The van der Waals surface area contributed by atoms with Gasteiger partial charge in [-0.3, -0.25) is 0 Å². The normalized spacial score (nSPS) is 11.2. The van der Waals surface area contributed by atoms with Crippen LogP contribution in [0.1, 0.15) is 0 Å². The fraction of sp³-hybridized carbons (Fsp3) is 0.118. The molecule has 136 valence electrons. The highest BCUT2D eigenvalue weighted by molar-refractivity contribution is 6.30. The molecule has 0 aliphatic carbocycles. The zero-order valence-corrected chi connectivity index (χ0v) is 15.1. The molecule has 0 aliphatic rings. The first-order valence-electron chi connectivity index (χ1n) is 7.94. The van der Waals surface area contributed by atoms with Crippen LogP contribution in [0.2, 0.25) is 5.02 Å². The van der Waals surface area contributed by atoms with Gasteiger partial charge in [-0.05, 0) is 12.1 Å². The van der Waals surface area contributed by atoms with Crippen molar-refractivity contribution in [3.63, 3.8) is 0 Å². The molecule has 4 N–H and O–H groups in total. The zero-order valence-electron chi connectivity index (χ0n) is 14.3. The van der Waals surface area contributed by atoms with E-state index in [2.05, 4.69) is 24.9 Å². The van der Waals surface area contributed by atoms with Crippen LogP contribution >= 0.6 is 11.6 Å². The van der Waals surface area contributed by atoms with Gasteiger partial charge in [-0.2, -0.15) is 9.97 Å². The number of nitrogens with zero attached hydrogens (tertiary/aromatic N) is 6. The van der Waals surface area contributed by atoms with Gasteiger partial charge in [0.25, 0.3) is 0 Å². The van der Waals surface area contributed by atoms with Crippen molar-refractivity contribution in [2.75, 3.05) is 18.6 Å². The number of hydrogen-bond donors (Lipinski definition) is 2. The second kappa shape index (κ2) is 6.78. The molecule has 0 atom stereocenters. The second-order valence-corrected chi connectivity index (χ2v) is 6.14. The quantitative estimate of drug-likeness (QED) is 0.550. The molecular weight excluding hydrogens is 368 g/mol. The summed E-state index contributed by atoms with van der Waals surface area (Å²) in [5, 5.41) is 0.616. The molecule has 0 spiro atoms. The highest BCUT2D eigenvalue weighted by Crippen LogP contribution is 2.31. The Bertz CT molecular complexity index is 1130. The molecule has 27 heavy (non-hydrogen) atoms. The Balaban J connectivity index is 2.03. The minimum absolute atomic E-state index is 0.0324. The third kappa shape index (κ3) is 3.14. The van der Waals surface area contributed by atoms with Gasteiger partial charge in [0.1, 0.15) is 18.1 Å². The summed E-state index contributed by atoms with van der Waals surface area (Å²) in [4.78, 5) is 21.8. The van der Waals surface area contributed by atoms with Crippen LogP contribution in [0, 0.1) is 0 Å². The lowest BCUT2D eigenvalue weighted by Gasteiger charge is -2.12. The number of benzene rings is 1. The Morgan fingerprint density at radius 2 is 1.81 bits per heavy atom. The summed E-state index contributed by atoms with van der Waals surface area (Å²) in [6.45, 7) is 0.308. The minimum atomic E-state index is 0.0324. The Morgan fingerprint density at radius 3 is 2.56 bits per heavy atom. The van der Waals surface area contributed by atoms with E-state index in [0.717, 1.165) is 5.56 Å². The Morgan fingerprint density at radius 1 is 1.04 bits per heavy atom. The number of hydrogen-bond acceptors (Lipinski definition) is 8. The molecule has 0 saturated carbocycles. The minimum Gasteiger partial charge on any atom is -0.382 e. The molecule has 4 aromatic rings. The summed E-state index contributed by atoms with van der Waals surface area (Å²) in [6.07, 6.45) is 3.45. The molecule has 0 amide bonds. The van der Waals surface area contributed by atoms with Crippen LogP contribution in [0.3, 0.4) is 0 Å². The summed E-state index contributed by atoms with van der Waals surface area (Å²) in [5.41, 5.74) is 14.2. The average Bonchev–Trinajstić information content (AvgIpc) is 3.10. The fourth-order valence-corrected chi connectivity index (χ4v) is 2.85. The predicted molar refractivity (Wildman–Crippen MR) is 103 cm³/mol. The largest absolute Gasteiger partial charge is 0.382 e. The first kappa shape index (κ1) is 17.1. The van der Waals surface area contributed by atoms with Gasteiger partial charge in [0, 0.05) is 30.1 Å². The first-order valence-corrected chi connectivity index (χ1v) is 8.31. The molecular formula is C17H15ClN8O. The molecule has 0 radical (unpaired) electrons. The number of nitrogen functional groups attached to an aromatic ring is 2. The molecule has 0 fully saturated rings. The van der Waals surface area contributed by atoms with Crippen molar-refractivity contribution >= 4 is 34.5 Å². The van der Waals surface area contributed by atoms with E-state index in [-0.39, 0.29) is 11.8 Å². The Labute approximate surface area is 159 Å². The fourth-order valence-electron chi connectivity index (χ4n) is 2.72. The van der Waals surface area contributed by atoms with E-state index in [1.807, 2.05) is 16.7 Å². The van der Waals surface area contributed by atoms with Gasteiger partial charge in [0.05, 0.1) is 0 Å². The molecule has 0 aliphatic heterocycles. The van der Waals surface area contributed by atoms with Crippen LogP contribution in [0.4, 0.5) is 11.8 Å². The van der Waals surface area contributed by atoms with Crippen molar-refractivity contribution < 1.29 is 4.74 Å². The van der Waals surface area contributed by atoms with Gasteiger partial charge >= 0.3 is 0 Å². The van der Waals surface area contributed by atoms with Gasteiger partial charge in [-0.1, -0.05) is 23.7 Å². The van der Waals surface area contributed by atoms with Gasteiger partial charge in [0.2, 0.25) is 5.95 Å². The topological polar surface area (TPSA) is 131 Å². The smallest absolute Gasteiger partial charge is 0.224 e. The standard InChI is InChI=1S/C17H15ClN8O/c1-27-8-26-7-6-21-16(26)12-11(9-2-4-10(18)5-3-9)23-15-13(22-12)14(19)24-17(20)25-15/h2-7H,8H2,1H3,(H4,19,20,23,24,25). The van der Waals surface area contributed by atoms with E-state index >= 15 is 0 Å². The molecule has 0 saturated heterocycles. The van der Waals surface area contributed by atoms with E-state index in [1.54, 1.807) is 31.6 Å². The summed E-state index contributed by atoms with van der Waals surface area (Å²) < 4.78 is 7.04. The monoisotopic (exact) mass is 382 g/mol. The number of nitrogens with two attached hydrogens (primary N) is 2. The van der Waals surface area contributed by atoms with Crippen molar-refractivity contribution in [1.29, 1.82) is 0 Å². The Hall–Kier alpha value is -3.30. The lowest BCUT2D eigenvalue weighted by atomic mass is 10.1. The average molecular weight is 383 g/mol. The van der Waals surface area contributed by atoms with Crippen molar-refractivity contribution in [3.8, 4) is 22.8 Å². The molecule has 1 aromatic carbocycles. The van der Waals surface area contributed by atoms with Crippen molar-refractivity contribution in [2.24, 2.45) is 0 Å². The number of halogens is 1. The summed E-state index contributed by atoms with van der Waals surface area (Å²) in [7, 11) is 1.60. The molecule has 9 nitrogen and oxygen atoms in total. The second-order valence-electron chi connectivity index (χ2n) is 5.71. The van der Waals surface area contributed by atoms with Crippen LogP contribution in [0.5, 0.6) is 0 Å². The zero-order chi connectivity index (χ0) is 19.0. The highest BCUT2D eigenvalue weighted by atomic mass is 35.5. The van der Waals surface area contributed by atoms with Crippen molar-refractivity contribution in [1.82, 2.24) is 29.5 Å². The van der Waals surface area contributed by atoms with Gasteiger partial charge in [-0.15, -0.1) is 0 Å². The number of methoxy groups -OCH3 is 1. The van der Waals surface area contributed by atoms with Crippen LogP contribution < -0.4 is 11.5 Å². The van der Waals surface area contributed by atoms with Crippen LogP contribution in [-0.4, -0.2) is 36.6 Å². The maximum absolute atomic E-state index is 6.02. The molecule has 3 heterocycles. The predicted octanol–water partition coefficient (Wildman–Crippen LogP) is 2.37. The lowest BCUT2D eigenvalue weighted by molar-refractivity contribution is 0.132. The summed E-state index contributed by atoms with van der Waals surface area (Å²) >= 11 is 6.02. The summed E-state index contributed by atoms with van der Waals surface area (Å²) in [5.74, 6) is 0.760. The number of rotatable bonds is 4. The summed E-state index contributed by atoms with van der Waals surface area (Å²) in [6, 6.07) is 7.24. The third-order valence-corrected chi connectivity index (χ3v) is 4.14.